The molecular weight excluding hydrogens is 264 g/mol. The minimum atomic E-state index is -0.0992. The molecule has 0 aliphatic carbocycles. The minimum Gasteiger partial charge on any atom is -0.378 e. The van der Waals surface area contributed by atoms with E-state index in [9.17, 15) is 4.79 Å². The molecule has 0 aliphatic rings. The Hall–Kier alpha value is -1.46. The normalized spacial score (nSPS) is 10.2. The zero-order valence-corrected chi connectivity index (χ0v) is 11.9. The molecule has 1 heterocycles. The third kappa shape index (κ3) is 3.05. The molecule has 2 rings (SSSR count). The molecule has 0 saturated heterocycles. The highest BCUT2D eigenvalue weighted by atomic mass is 32.1. The molecule has 18 heavy (non-hydrogen) atoms. The minimum absolute atomic E-state index is 0.0992. The molecule has 0 atom stereocenters. The third-order valence-electron chi connectivity index (χ3n) is 2.45. The Balaban J connectivity index is 2.07. The summed E-state index contributed by atoms with van der Waals surface area (Å²) in [5, 5.41) is 4.70. The number of hydrogen-bond donors (Lipinski definition) is 2. The number of carbonyl (C=O) groups is 1. The van der Waals surface area contributed by atoms with E-state index in [1.165, 1.54) is 11.3 Å². The Morgan fingerprint density at radius 2 is 1.94 bits per heavy atom. The lowest BCUT2D eigenvalue weighted by Gasteiger charge is -2.12. The first kappa shape index (κ1) is 13.0. The predicted octanol–water partition coefficient (Wildman–Crippen LogP) is 3.36. The SMILES string of the molecule is CN(C)c1ccc(NC(=O)c2cc(S)cs2)cc1. The van der Waals surface area contributed by atoms with Crippen molar-refractivity contribution in [2.75, 3.05) is 24.3 Å². The van der Waals surface area contributed by atoms with E-state index in [4.69, 9.17) is 0 Å². The van der Waals surface area contributed by atoms with Crippen molar-refractivity contribution in [2.45, 2.75) is 4.90 Å². The summed E-state index contributed by atoms with van der Waals surface area (Å²) in [7, 11) is 3.96. The number of thiol groups is 1. The van der Waals surface area contributed by atoms with Crippen LogP contribution >= 0.6 is 24.0 Å². The smallest absolute Gasteiger partial charge is 0.265 e. The van der Waals surface area contributed by atoms with Crippen LogP contribution in [0.2, 0.25) is 0 Å². The molecule has 1 N–H and O–H groups in total. The van der Waals surface area contributed by atoms with Gasteiger partial charge in [-0.25, -0.2) is 0 Å². The van der Waals surface area contributed by atoms with Crippen LogP contribution in [0.15, 0.2) is 40.6 Å². The zero-order valence-electron chi connectivity index (χ0n) is 10.2. The Morgan fingerprint density at radius 1 is 1.28 bits per heavy atom. The topological polar surface area (TPSA) is 32.3 Å². The number of carbonyl (C=O) groups excluding carboxylic acids is 1. The largest absolute Gasteiger partial charge is 0.378 e. The van der Waals surface area contributed by atoms with Gasteiger partial charge in [0.2, 0.25) is 0 Å². The van der Waals surface area contributed by atoms with Crippen LogP contribution in [0, 0.1) is 0 Å². The molecule has 0 unspecified atom stereocenters. The molecule has 0 spiro atoms. The van der Waals surface area contributed by atoms with Crippen molar-refractivity contribution in [2.24, 2.45) is 0 Å². The van der Waals surface area contributed by atoms with Gasteiger partial charge >= 0.3 is 0 Å². The number of hydrogen-bond acceptors (Lipinski definition) is 4. The highest BCUT2D eigenvalue weighted by molar-refractivity contribution is 7.80. The van der Waals surface area contributed by atoms with Crippen LogP contribution < -0.4 is 10.2 Å². The molecule has 5 heteroatoms. The van der Waals surface area contributed by atoms with Gasteiger partial charge in [-0.15, -0.1) is 24.0 Å². The van der Waals surface area contributed by atoms with Crippen LogP contribution in [-0.2, 0) is 0 Å². The molecule has 1 aromatic heterocycles. The molecule has 94 valence electrons. The summed E-state index contributed by atoms with van der Waals surface area (Å²) in [6.45, 7) is 0. The monoisotopic (exact) mass is 278 g/mol. The summed E-state index contributed by atoms with van der Waals surface area (Å²) in [6.07, 6.45) is 0. The summed E-state index contributed by atoms with van der Waals surface area (Å²) in [6, 6.07) is 9.48. The van der Waals surface area contributed by atoms with Crippen molar-refractivity contribution in [1.82, 2.24) is 0 Å². The first-order chi connectivity index (χ1) is 8.56. The van der Waals surface area contributed by atoms with Gasteiger partial charge in [-0.05, 0) is 30.3 Å². The van der Waals surface area contributed by atoms with Crippen molar-refractivity contribution in [3.63, 3.8) is 0 Å². The predicted molar refractivity (Wildman–Crippen MR) is 80.3 cm³/mol. The van der Waals surface area contributed by atoms with E-state index in [1.807, 2.05) is 48.6 Å². The van der Waals surface area contributed by atoms with Crippen LogP contribution in [-0.4, -0.2) is 20.0 Å². The van der Waals surface area contributed by atoms with Gasteiger partial charge in [0.25, 0.3) is 5.91 Å². The number of amides is 1. The lowest BCUT2D eigenvalue weighted by Crippen LogP contribution is -2.11. The average Bonchev–Trinajstić information content (AvgIpc) is 2.76. The van der Waals surface area contributed by atoms with Gasteiger partial charge in [-0.1, -0.05) is 0 Å². The number of benzene rings is 1. The van der Waals surface area contributed by atoms with Crippen molar-refractivity contribution < 1.29 is 4.79 Å². The maximum Gasteiger partial charge on any atom is 0.265 e. The first-order valence-corrected chi connectivity index (χ1v) is 6.75. The van der Waals surface area contributed by atoms with E-state index in [-0.39, 0.29) is 5.91 Å². The Morgan fingerprint density at radius 3 is 2.44 bits per heavy atom. The van der Waals surface area contributed by atoms with Crippen molar-refractivity contribution in [3.05, 3.63) is 40.6 Å². The van der Waals surface area contributed by atoms with Crippen molar-refractivity contribution in [3.8, 4) is 0 Å². The van der Waals surface area contributed by atoms with Gasteiger partial charge in [-0.3, -0.25) is 4.79 Å². The number of thiophene rings is 1. The van der Waals surface area contributed by atoms with E-state index >= 15 is 0 Å². The Labute approximate surface area is 116 Å². The van der Waals surface area contributed by atoms with E-state index in [0.717, 1.165) is 16.3 Å². The van der Waals surface area contributed by atoms with Gasteiger partial charge in [0.05, 0.1) is 4.88 Å². The van der Waals surface area contributed by atoms with Crippen LogP contribution in [0.5, 0.6) is 0 Å². The Bertz CT molecular complexity index is 546. The van der Waals surface area contributed by atoms with Gasteiger partial charge < -0.3 is 10.2 Å². The van der Waals surface area contributed by atoms with Crippen molar-refractivity contribution >= 4 is 41.2 Å². The van der Waals surface area contributed by atoms with Crippen molar-refractivity contribution in [1.29, 1.82) is 0 Å². The second kappa shape index (κ2) is 5.46. The van der Waals surface area contributed by atoms with E-state index in [1.54, 1.807) is 6.07 Å². The first-order valence-electron chi connectivity index (χ1n) is 5.42. The molecule has 2 aromatic rings. The molecule has 0 radical (unpaired) electrons. The molecular formula is C13H14N2OS2. The van der Waals surface area contributed by atoms with Gasteiger partial charge in [0.1, 0.15) is 0 Å². The number of nitrogens with zero attached hydrogens (tertiary/aromatic N) is 1. The maximum absolute atomic E-state index is 11.9. The van der Waals surface area contributed by atoms with E-state index in [2.05, 4.69) is 17.9 Å². The molecule has 0 fully saturated rings. The second-order valence-corrected chi connectivity index (χ2v) is 5.49. The molecule has 1 amide bonds. The maximum atomic E-state index is 11.9. The van der Waals surface area contributed by atoms with Gasteiger partial charge in [0.15, 0.2) is 0 Å². The van der Waals surface area contributed by atoms with Crippen LogP contribution in [0.3, 0.4) is 0 Å². The molecule has 0 aliphatic heterocycles. The number of rotatable bonds is 3. The molecule has 3 nitrogen and oxygen atoms in total. The summed E-state index contributed by atoms with van der Waals surface area (Å²) >= 11 is 5.58. The molecule has 0 bridgehead atoms. The highest BCUT2D eigenvalue weighted by Crippen LogP contribution is 2.20. The van der Waals surface area contributed by atoms with Gasteiger partial charge in [-0.2, -0.15) is 0 Å². The summed E-state index contributed by atoms with van der Waals surface area (Å²) < 4.78 is 0. The van der Waals surface area contributed by atoms with Crippen LogP contribution in [0.25, 0.3) is 0 Å². The van der Waals surface area contributed by atoms with Gasteiger partial charge in [0, 0.05) is 35.7 Å². The lowest BCUT2D eigenvalue weighted by atomic mass is 10.2. The number of anilines is 2. The Kier molecular flexibility index (Phi) is 3.93. The summed E-state index contributed by atoms with van der Waals surface area (Å²) in [5.41, 5.74) is 1.89. The fraction of sp³-hybridized carbons (Fsp3) is 0.154. The fourth-order valence-electron chi connectivity index (χ4n) is 1.48. The second-order valence-electron chi connectivity index (χ2n) is 4.06. The van der Waals surface area contributed by atoms with Crippen LogP contribution in [0.1, 0.15) is 9.67 Å². The number of nitrogens with one attached hydrogen (secondary N) is 1. The zero-order chi connectivity index (χ0) is 13.1. The van der Waals surface area contributed by atoms with E-state index < -0.39 is 0 Å². The highest BCUT2D eigenvalue weighted by Gasteiger charge is 2.08. The molecule has 0 saturated carbocycles. The quantitative estimate of drug-likeness (QED) is 0.844. The molecule has 1 aromatic carbocycles. The standard InChI is InChI=1S/C13H14N2OS2/c1-15(2)10-5-3-9(4-6-10)14-13(16)12-7-11(17)8-18-12/h3-8,17H,1-2H3,(H,14,16). The van der Waals surface area contributed by atoms with E-state index in [0.29, 0.717) is 4.88 Å². The fourth-order valence-corrected chi connectivity index (χ4v) is 2.52. The average molecular weight is 278 g/mol. The lowest BCUT2D eigenvalue weighted by molar-refractivity contribution is 0.103. The third-order valence-corrected chi connectivity index (χ3v) is 3.81. The summed E-state index contributed by atoms with van der Waals surface area (Å²) in [5.74, 6) is -0.0992. The summed E-state index contributed by atoms with van der Waals surface area (Å²) in [4.78, 5) is 15.4. The van der Waals surface area contributed by atoms with Crippen LogP contribution in [0.4, 0.5) is 11.4 Å².